The van der Waals surface area contributed by atoms with Gasteiger partial charge in [0.15, 0.2) is 0 Å². The largest absolute Gasteiger partial charge is 0.357 e. The summed E-state index contributed by atoms with van der Waals surface area (Å²) in [5.41, 5.74) is 5.31. The van der Waals surface area contributed by atoms with Crippen molar-refractivity contribution in [3.05, 3.63) is 35.0 Å². The number of amides is 1. The minimum Gasteiger partial charge on any atom is -0.357 e. The molecule has 2 aliphatic rings. The van der Waals surface area contributed by atoms with Crippen LogP contribution in [-0.4, -0.2) is 59.5 Å². The molecule has 2 aromatic rings. The Hall–Kier alpha value is -1.85. The first-order valence-corrected chi connectivity index (χ1v) is 12.3. The number of piperidine rings is 1. The molecule has 2 aliphatic heterocycles. The minimum atomic E-state index is 0.245. The van der Waals surface area contributed by atoms with Crippen LogP contribution in [0.15, 0.2) is 18.2 Å². The highest BCUT2D eigenvalue weighted by Gasteiger charge is 2.24. The Morgan fingerprint density at radius 2 is 1.97 bits per heavy atom. The van der Waals surface area contributed by atoms with E-state index in [0.717, 1.165) is 39.1 Å². The second kappa shape index (κ2) is 10.2. The number of fused-ring (bicyclic) bond motifs is 1. The molecule has 1 unspecified atom stereocenters. The number of aryl methyl sites for hydroxylation is 2. The van der Waals surface area contributed by atoms with Crippen LogP contribution in [0.25, 0.3) is 10.9 Å². The Kier molecular flexibility index (Phi) is 7.34. The molecule has 0 bridgehead atoms. The van der Waals surface area contributed by atoms with Crippen LogP contribution in [0.1, 0.15) is 62.3 Å². The quantitative estimate of drug-likeness (QED) is 0.661. The number of hydrogen-bond acceptors (Lipinski definition) is 3. The third-order valence-electron chi connectivity index (χ3n) is 7.63. The fourth-order valence-corrected chi connectivity index (χ4v) is 5.51. The smallest absolute Gasteiger partial charge is 0.220 e. The molecule has 31 heavy (non-hydrogen) atoms. The number of benzene rings is 1. The van der Waals surface area contributed by atoms with Crippen molar-refractivity contribution < 1.29 is 4.79 Å². The normalized spacial score (nSPS) is 21.2. The highest BCUT2D eigenvalue weighted by Crippen LogP contribution is 2.27. The van der Waals surface area contributed by atoms with Gasteiger partial charge in [0.25, 0.3) is 0 Å². The average molecular weight is 425 g/mol. The summed E-state index contributed by atoms with van der Waals surface area (Å²) in [5, 5.41) is 4.55. The predicted octanol–water partition coefficient (Wildman–Crippen LogP) is 4.38. The lowest BCUT2D eigenvalue weighted by molar-refractivity contribution is -0.121. The van der Waals surface area contributed by atoms with Crippen molar-refractivity contribution in [1.29, 1.82) is 0 Å². The molecule has 1 amide bonds. The lowest BCUT2D eigenvalue weighted by Gasteiger charge is -2.31. The first-order valence-electron chi connectivity index (χ1n) is 12.3. The third kappa shape index (κ3) is 5.50. The van der Waals surface area contributed by atoms with Gasteiger partial charge in [-0.15, -0.1) is 0 Å². The zero-order valence-corrected chi connectivity index (χ0v) is 19.7. The van der Waals surface area contributed by atoms with Crippen LogP contribution >= 0.6 is 0 Å². The number of rotatable bonds is 8. The van der Waals surface area contributed by atoms with Crippen LogP contribution in [0, 0.1) is 19.8 Å². The lowest BCUT2D eigenvalue weighted by Crippen LogP contribution is -2.40. The van der Waals surface area contributed by atoms with Crippen LogP contribution in [0.4, 0.5) is 0 Å². The van der Waals surface area contributed by atoms with E-state index in [4.69, 9.17) is 0 Å². The Balaban J connectivity index is 1.18. The molecule has 170 valence electrons. The van der Waals surface area contributed by atoms with Crippen molar-refractivity contribution in [3.63, 3.8) is 0 Å². The van der Waals surface area contributed by atoms with Crippen molar-refractivity contribution in [2.45, 2.75) is 71.9 Å². The van der Waals surface area contributed by atoms with Gasteiger partial charge in [-0.25, -0.2) is 0 Å². The number of nitrogens with one attached hydrogen (secondary N) is 2. The number of hydrogen-bond donors (Lipinski definition) is 2. The van der Waals surface area contributed by atoms with E-state index < -0.39 is 0 Å². The maximum Gasteiger partial charge on any atom is 0.220 e. The van der Waals surface area contributed by atoms with Crippen LogP contribution in [0.3, 0.4) is 0 Å². The summed E-state index contributed by atoms with van der Waals surface area (Å²) < 4.78 is 0. The molecule has 4 rings (SSSR count). The highest BCUT2D eigenvalue weighted by molar-refractivity contribution is 5.85. The molecule has 3 heterocycles. The molecule has 0 radical (unpaired) electrons. The van der Waals surface area contributed by atoms with E-state index in [1.807, 2.05) is 0 Å². The fourth-order valence-electron chi connectivity index (χ4n) is 5.51. The van der Waals surface area contributed by atoms with Gasteiger partial charge in [-0.1, -0.05) is 18.6 Å². The highest BCUT2D eigenvalue weighted by atomic mass is 16.1. The van der Waals surface area contributed by atoms with Gasteiger partial charge in [-0.2, -0.15) is 0 Å². The third-order valence-corrected chi connectivity index (χ3v) is 7.63. The second-order valence-corrected chi connectivity index (χ2v) is 9.76. The first kappa shape index (κ1) is 22.3. The Morgan fingerprint density at radius 3 is 2.74 bits per heavy atom. The van der Waals surface area contributed by atoms with Gasteiger partial charge in [-0.05, 0) is 95.7 Å². The van der Waals surface area contributed by atoms with E-state index >= 15 is 0 Å². The molecule has 2 saturated heterocycles. The molecule has 2 fully saturated rings. The minimum absolute atomic E-state index is 0.245. The van der Waals surface area contributed by atoms with Crippen molar-refractivity contribution >= 4 is 16.8 Å². The summed E-state index contributed by atoms with van der Waals surface area (Å²) in [6, 6.07) is 7.21. The molecule has 2 N–H and O–H groups in total. The molecule has 1 aromatic heterocycles. The summed E-state index contributed by atoms with van der Waals surface area (Å²) in [5.74, 6) is 0.932. The van der Waals surface area contributed by atoms with Crippen molar-refractivity contribution in [2.75, 3.05) is 32.7 Å². The number of aromatic nitrogens is 1. The van der Waals surface area contributed by atoms with E-state index in [0.29, 0.717) is 18.4 Å². The fraction of sp³-hybridized carbons (Fsp3) is 0.654. The predicted molar refractivity (Wildman–Crippen MR) is 128 cm³/mol. The zero-order chi connectivity index (χ0) is 21.8. The monoisotopic (exact) mass is 424 g/mol. The van der Waals surface area contributed by atoms with Gasteiger partial charge in [0.2, 0.25) is 5.91 Å². The van der Waals surface area contributed by atoms with Gasteiger partial charge in [0, 0.05) is 42.1 Å². The van der Waals surface area contributed by atoms with Gasteiger partial charge < -0.3 is 10.3 Å². The summed E-state index contributed by atoms with van der Waals surface area (Å²) in [6.07, 6.45) is 6.62. The van der Waals surface area contributed by atoms with E-state index in [9.17, 15) is 4.79 Å². The number of nitrogens with zero attached hydrogens (tertiary/aromatic N) is 2. The molecule has 0 saturated carbocycles. The number of likely N-dealkylation sites (tertiary alicyclic amines) is 2. The summed E-state index contributed by atoms with van der Waals surface area (Å²) in [7, 11) is 0. The number of H-pyrrole nitrogens is 1. The standard InChI is InChI=1S/C26H40N4O/c1-4-30-13-5-6-22(30)17-27-26(31)10-8-21-11-14-29(15-12-21)18-25-20(3)23-16-19(2)7-9-24(23)28-25/h7,9,16,21-22,28H,4-6,8,10-15,17-18H2,1-3H3,(H,27,31). The Labute approximate surface area is 187 Å². The Morgan fingerprint density at radius 1 is 1.16 bits per heavy atom. The Bertz CT molecular complexity index is 881. The van der Waals surface area contributed by atoms with Crippen molar-refractivity contribution in [1.82, 2.24) is 20.1 Å². The van der Waals surface area contributed by atoms with Gasteiger partial charge in [0.05, 0.1) is 0 Å². The molecule has 1 aromatic carbocycles. The molecular formula is C26H40N4O. The van der Waals surface area contributed by atoms with Crippen molar-refractivity contribution in [3.8, 4) is 0 Å². The van der Waals surface area contributed by atoms with E-state index in [1.54, 1.807) is 0 Å². The molecule has 1 atom stereocenters. The average Bonchev–Trinajstić information content (AvgIpc) is 3.36. The van der Waals surface area contributed by atoms with Gasteiger partial charge in [-0.3, -0.25) is 14.6 Å². The SMILES string of the molecule is CCN1CCCC1CNC(=O)CCC1CCN(Cc2[nH]c3ccc(C)cc3c2C)CC1. The summed E-state index contributed by atoms with van der Waals surface area (Å²) in [6.45, 7) is 13.0. The maximum absolute atomic E-state index is 12.3. The molecule has 5 nitrogen and oxygen atoms in total. The van der Waals surface area contributed by atoms with Crippen LogP contribution in [-0.2, 0) is 11.3 Å². The molecule has 0 aliphatic carbocycles. The van der Waals surface area contributed by atoms with Crippen LogP contribution in [0.5, 0.6) is 0 Å². The van der Waals surface area contributed by atoms with Crippen LogP contribution in [0.2, 0.25) is 0 Å². The first-order chi connectivity index (χ1) is 15.0. The number of aromatic amines is 1. The van der Waals surface area contributed by atoms with Crippen LogP contribution < -0.4 is 5.32 Å². The van der Waals surface area contributed by atoms with Gasteiger partial charge >= 0.3 is 0 Å². The number of carbonyl (C=O) groups excluding carboxylic acids is 1. The van der Waals surface area contributed by atoms with E-state index in [-0.39, 0.29) is 5.91 Å². The summed E-state index contributed by atoms with van der Waals surface area (Å²) in [4.78, 5) is 21.0. The molecule has 5 heteroatoms. The van der Waals surface area contributed by atoms with E-state index in [2.05, 4.69) is 59.1 Å². The van der Waals surface area contributed by atoms with E-state index in [1.165, 1.54) is 60.0 Å². The summed E-state index contributed by atoms with van der Waals surface area (Å²) >= 11 is 0. The van der Waals surface area contributed by atoms with Gasteiger partial charge in [0.1, 0.15) is 0 Å². The lowest BCUT2D eigenvalue weighted by atomic mass is 9.92. The molecular weight excluding hydrogens is 384 g/mol. The number of carbonyl (C=O) groups is 1. The zero-order valence-electron chi connectivity index (χ0n) is 19.7. The molecule has 0 spiro atoms. The number of likely N-dealkylation sites (N-methyl/N-ethyl adjacent to an activating group) is 1. The second-order valence-electron chi connectivity index (χ2n) is 9.76. The van der Waals surface area contributed by atoms with Crippen molar-refractivity contribution in [2.24, 2.45) is 5.92 Å². The topological polar surface area (TPSA) is 51.4 Å². The maximum atomic E-state index is 12.3.